The van der Waals surface area contributed by atoms with Crippen molar-refractivity contribution in [1.82, 2.24) is 4.98 Å². The van der Waals surface area contributed by atoms with E-state index in [0.717, 1.165) is 15.7 Å². The number of para-hydroxylation sites is 1. The molecule has 0 saturated heterocycles. The van der Waals surface area contributed by atoms with Crippen LogP contribution in [-0.4, -0.2) is 10.9 Å². The molecule has 0 unspecified atom stereocenters. The second-order valence-electron chi connectivity index (χ2n) is 3.92. The highest BCUT2D eigenvalue weighted by Crippen LogP contribution is 2.38. The fourth-order valence-corrected chi connectivity index (χ4v) is 2.19. The standard InChI is InChI=1S/C14H9ClN2O/c15-17-13-7-2-1-6-11(13)12(14(17)18)9-10-5-3-4-8-16-10/h1-9H/b12-9-. The minimum atomic E-state index is -0.219. The number of anilines is 1. The number of aromatic nitrogens is 1. The number of halogens is 1. The number of benzene rings is 1. The fraction of sp³-hybridized carbons (Fsp3) is 0. The van der Waals surface area contributed by atoms with Gasteiger partial charge in [0.2, 0.25) is 0 Å². The first-order chi connectivity index (χ1) is 8.77. The van der Waals surface area contributed by atoms with E-state index in [1.54, 1.807) is 12.3 Å². The summed E-state index contributed by atoms with van der Waals surface area (Å²) in [4.78, 5) is 16.2. The average molecular weight is 257 g/mol. The number of nitrogens with zero attached hydrogens (tertiary/aromatic N) is 2. The molecular weight excluding hydrogens is 248 g/mol. The van der Waals surface area contributed by atoms with Crippen molar-refractivity contribution in [1.29, 1.82) is 0 Å². The predicted octanol–water partition coefficient (Wildman–Crippen LogP) is 3.12. The van der Waals surface area contributed by atoms with Gasteiger partial charge in [0, 0.05) is 23.5 Å². The van der Waals surface area contributed by atoms with Gasteiger partial charge in [0.1, 0.15) is 0 Å². The van der Waals surface area contributed by atoms with E-state index in [1.165, 1.54) is 0 Å². The highest BCUT2D eigenvalue weighted by Gasteiger charge is 2.30. The molecule has 0 bridgehead atoms. The van der Waals surface area contributed by atoms with Gasteiger partial charge < -0.3 is 0 Å². The van der Waals surface area contributed by atoms with Crippen LogP contribution in [0.2, 0.25) is 0 Å². The van der Waals surface area contributed by atoms with Gasteiger partial charge in [-0.05, 0) is 24.3 Å². The molecule has 1 aliphatic heterocycles. The largest absolute Gasteiger partial charge is 0.273 e. The van der Waals surface area contributed by atoms with Gasteiger partial charge in [-0.15, -0.1) is 0 Å². The van der Waals surface area contributed by atoms with Crippen LogP contribution in [0.1, 0.15) is 11.3 Å². The van der Waals surface area contributed by atoms with E-state index in [2.05, 4.69) is 4.98 Å². The molecule has 18 heavy (non-hydrogen) atoms. The topological polar surface area (TPSA) is 33.2 Å². The molecule has 0 saturated carbocycles. The SMILES string of the molecule is O=C1/C(=C\c2ccccn2)c2ccccc2N1Cl. The van der Waals surface area contributed by atoms with Gasteiger partial charge in [-0.1, -0.05) is 24.3 Å². The summed E-state index contributed by atoms with van der Waals surface area (Å²) in [5.74, 6) is -0.219. The van der Waals surface area contributed by atoms with Crippen molar-refractivity contribution in [3.05, 3.63) is 59.9 Å². The molecule has 0 spiro atoms. The van der Waals surface area contributed by atoms with Gasteiger partial charge in [-0.2, -0.15) is 0 Å². The Morgan fingerprint density at radius 2 is 1.89 bits per heavy atom. The van der Waals surface area contributed by atoms with Crippen molar-refractivity contribution in [2.75, 3.05) is 4.42 Å². The molecule has 3 nitrogen and oxygen atoms in total. The van der Waals surface area contributed by atoms with Crippen molar-refractivity contribution < 1.29 is 4.79 Å². The van der Waals surface area contributed by atoms with Crippen molar-refractivity contribution in [2.24, 2.45) is 0 Å². The highest BCUT2D eigenvalue weighted by molar-refractivity contribution is 6.50. The smallest absolute Gasteiger partial charge is 0.267 e. The van der Waals surface area contributed by atoms with Crippen molar-refractivity contribution in [2.45, 2.75) is 0 Å². The minimum Gasteiger partial charge on any atom is -0.267 e. The number of carbonyl (C=O) groups excluding carboxylic acids is 1. The third-order valence-electron chi connectivity index (χ3n) is 2.79. The quantitative estimate of drug-likeness (QED) is 0.580. The molecule has 4 heteroatoms. The Kier molecular flexibility index (Phi) is 2.61. The van der Waals surface area contributed by atoms with E-state index in [1.807, 2.05) is 42.5 Å². The van der Waals surface area contributed by atoms with Gasteiger partial charge in [0.25, 0.3) is 5.91 Å². The van der Waals surface area contributed by atoms with Crippen molar-refractivity contribution in [3.63, 3.8) is 0 Å². The average Bonchev–Trinajstić information content (AvgIpc) is 2.66. The lowest BCUT2D eigenvalue weighted by atomic mass is 10.1. The molecular formula is C14H9ClN2O. The van der Waals surface area contributed by atoms with E-state index >= 15 is 0 Å². The van der Waals surface area contributed by atoms with Gasteiger partial charge in [-0.25, -0.2) is 4.42 Å². The summed E-state index contributed by atoms with van der Waals surface area (Å²) in [6.07, 6.45) is 3.44. The first-order valence-corrected chi connectivity index (χ1v) is 5.83. The minimum absolute atomic E-state index is 0.219. The lowest BCUT2D eigenvalue weighted by Crippen LogP contribution is -2.13. The number of pyridine rings is 1. The number of hydrogen-bond acceptors (Lipinski definition) is 2. The van der Waals surface area contributed by atoms with Crippen LogP contribution in [0.3, 0.4) is 0 Å². The van der Waals surface area contributed by atoms with Crippen LogP contribution in [-0.2, 0) is 4.79 Å². The summed E-state index contributed by atoms with van der Waals surface area (Å²) in [6, 6.07) is 13.0. The van der Waals surface area contributed by atoms with Crippen LogP contribution >= 0.6 is 11.8 Å². The van der Waals surface area contributed by atoms with Crippen LogP contribution in [0, 0.1) is 0 Å². The lowest BCUT2D eigenvalue weighted by Gasteiger charge is -2.03. The summed E-state index contributed by atoms with van der Waals surface area (Å²) >= 11 is 5.98. The second-order valence-corrected chi connectivity index (χ2v) is 4.25. The van der Waals surface area contributed by atoms with Crippen LogP contribution < -0.4 is 4.42 Å². The Morgan fingerprint density at radius 3 is 2.67 bits per heavy atom. The summed E-state index contributed by atoms with van der Waals surface area (Å²) in [6.45, 7) is 0. The normalized spacial score (nSPS) is 16.2. The Morgan fingerprint density at radius 1 is 1.11 bits per heavy atom. The van der Waals surface area contributed by atoms with E-state index in [4.69, 9.17) is 11.8 Å². The molecule has 1 aromatic carbocycles. The molecule has 3 rings (SSSR count). The summed E-state index contributed by atoms with van der Waals surface area (Å²) in [5.41, 5.74) is 2.86. The van der Waals surface area contributed by atoms with Gasteiger partial charge >= 0.3 is 0 Å². The molecule has 0 N–H and O–H groups in total. The van der Waals surface area contributed by atoms with Crippen LogP contribution in [0.5, 0.6) is 0 Å². The summed E-state index contributed by atoms with van der Waals surface area (Å²) in [5, 5.41) is 0. The lowest BCUT2D eigenvalue weighted by molar-refractivity contribution is -0.111. The number of rotatable bonds is 1. The van der Waals surface area contributed by atoms with Crippen LogP contribution in [0.4, 0.5) is 5.69 Å². The fourth-order valence-electron chi connectivity index (χ4n) is 1.95. The first kappa shape index (κ1) is 11.0. The highest BCUT2D eigenvalue weighted by atomic mass is 35.5. The van der Waals surface area contributed by atoms with E-state index in [9.17, 15) is 4.79 Å². The molecule has 0 aliphatic carbocycles. The summed E-state index contributed by atoms with van der Waals surface area (Å²) in [7, 11) is 0. The maximum atomic E-state index is 12.1. The number of carbonyl (C=O) groups is 1. The zero-order valence-corrected chi connectivity index (χ0v) is 10.1. The van der Waals surface area contributed by atoms with Crippen molar-refractivity contribution in [3.8, 4) is 0 Å². The Labute approximate surface area is 109 Å². The predicted molar refractivity (Wildman–Crippen MR) is 71.9 cm³/mol. The monoisotopic (exact) mass is 256 g/mol. The van der Waals surface area contributed by atoms with E-state index < -0.39 is 0 Å². The number of fused-ring (bicyclic) bond motifs is 1. The molecule has 0 atom stereocenters. The number of amides is 1. The molecule has 1 aromatic heterocycles. The maximum absolute atomic E-state index is 12.1. The molecule has 2 heterocycles. The molecule has 2 aromatic rings. The summed E-state index contributed by atoms with van der Waals surface area (Å²) < 4.78 is 1.14. The first-order valence-electron chi connectivity index (χ1n) is 5.50. The Bertz CT molecular complexity index is 637. The third-order valence-corrected chi connectivity index (χ3v) is 3.13. The zero-order chi connectivity index (χ0) is 12.5. The molecule has 0 fully saturated rings. The Hall–Kier alpha value is -2.13. The van der Waals surface area contributed by atoms with Crippen molar-refractivity contribution >= 4 is 35.0 Å². The van der Waals surface area contributed by atoms with E-state index in [0.29, 0.717) is 11.3 Å². The maximum Gasteiger partial charge on any atom is 0.273 e. The molecule has 1 amide bonds. The third kappa shape index (κ3) is 1.69. The zero-order valence-electron chi connectivity index (χ0n) is 9.38. The van der Waals surface area contributed by atoms with Gasteiger partial charge in [0.05, 0.1) is 17.0 Å². The Balaban J connectivity index is 2.14. The van der Waals surface area contributed by atoms with Gasteiger partial charge in [0.15, 0.2) is 0 Å². The molecule has 88 valence electrons. The second kappa shape index (κ2) is 4.27. The molecule has 0 radical (unpaired) electrons. The van der Waals surface area contributed by atoms with E-state index in [-0.39, 0.29) is 5.91 Å². The van der Waals surface area contributed by atoms with Crippen LogP contribution in [0.15, 0.2) is 48.7 Å². The van der Waals surface area contributed by atoms with Crippen LogP contribution in [0.25, 0.3) is 11.6 Å². The number of hydrogen-bond donors (Lipinski definition) is 0. The van der Waals surface area contributed by atoms with Gasteiger partial charge in [-0.3, -0.25) is 9.78 Å². The molecule has 1 aliphatic rings.